The van der Waals surface area contributed by atoms with Gasteiger partial charge in [0.1, 0.15) is 5.82 Å². The fraction of sp³-hybridized carbons (Fsp3) is 0.467. The molecule has 1 aromatic carbocycles. The molecule has 0 bridgehead atoms. The van der Waals surface area contributed by atoms with Crippen LogP contribution in [0.3, 0.4) is 0 Å². The number of nitrogens with one attached hydrogen (secondary N) is 1. The van der Waals surface area contributed by atoms with Crippen molar-refractivity contribution in [1.82, 2.24) is 10.2 Å². The molecule has 1 heterocycles. The third-order valence-electron chi connectivity index (χ3n) is 3.64. The van der Waals surface area contributed by atoms with Gasteiger partial charge in [-0.05, 0) is 25.0 Å². The lowest BCUT2D eigenvalue weighted by Crippen LogP contribution is -2.45. The summed E-state index contributed by atoms with van der Waals surface area (Å²) in [5.74, 6) is -0.183. The maximum absolute atomic E-state index is 14.4. The van der Waals surface area contributed by atoms with E-state index >= 15 is 0 Å². The molecule has 104 valence electrons. The maximum Gasteiger partial charge on any atom is 0.132 e. The van der Waals surface area contributed by atoms with Crippen molar-refractivity contribution in [2.24, 2.45) is 0 Å². The van der Waals surface area contributed by atoms with E-state index in [0.717, 1.165) is 26.2 Å². The van der Waals surface area contributed by atoms with Gasteiger partial charge in [-0.15, -0.1) is 6.58 Å². The Hall–Kier alpha value is -0.900. The van der Waals surface area contributed by atoms with Crippen LogP contribution in [0.5, 0.6) is 0 Å². The summed E-state index contributed by atoms with van der Waals surface area (Å²) < 4.78 is 14.4. The second-order valence-corrected chi connectivity index (χ2v) is 5.33. The number of hydrogen-bond acceptors (Lipinski definition) is 2. The zero-order valence-electron chi connectivity index (χ0n) is 11.3. The van der Waals surface area contributed by atoms with E-state index in [2.05, 4.69) is 16.8 Å². The van der Waals surface area contributed by atoms with Crippen molar-refractivity contribution in [3.8, 4) is 0 Å². The lowest BCUT2D eigenvalue weighted by molar-refractivity contribution is 0.171. The Morgan fingerprint density at radius 2 is 2.16 bits per heavy atom. The number of nitrogens with zero attached hydrogens (tertiary/aromatic N) is 1. The van der Waals surface area contributed by atoms with Crippen molar-refractivity contribution < 1.29 is 4.39 Å². The highest BCUT2D eigenvalue weighted by atomic mass is 35.5. The number of rotatable bonds is 4. The van der Waals surface area contributed by atoms with Gasteiger partial charge in [0.25, 0.3) is 0 Å². The van der Waals surface area contributed by atoms with Crippen LogP contribution in [0.25, 0.3) is 0 Å². The molecule has 2 rings (SSSR count). The van der Waals surface area contributed by atoms with Gasteiger partial charge in [-0.3, -0.25) is 4.90 Å². The van der Waals surface area contributed by atoms with Crippen molar-refractivity contribution in [2.45, 2.75) is 19.4 Å². The highest BCUT2D eigenvalue weighted by Gasteiger charge is 2.26. The van der Waals surface area contributed by atoms with E-state index in [9.17, 15) is 4.39 Å². The number of halogens is 2. The Kier molecular flexibility index (Phi) is 4.97. The largest absolute Gasteiger partial charge is 0.314 e. The van der Waals surface area contributed by atoms with Gasteiger partial charge in [-0.25, -0.2) is 4.39 Å². The molecule has 0 amide bonds. The molecular formula is C15H20ClFN2. The van der Waals surface area contributed by atoms with Crippen LogP contribution in [0, 0.1) is 12.7 Å². The Morgan fingerprint density at radius 1 is 1.47 bits per heavy atom. The van der Waals surface area contributed by atoms with Gasteiger partial charge in [0.15, 0.2) is 0 Å². The van der Waals surface area contributed by atoms with Gasteiger partial charge in [0.2, 0.25) is 0 Å². The normalized spacial score (nSPS) is 18.3. The lowest BCUT2D eigenvalue weighted by Gasteiger charge is -2.35. The Balaban J connectivity index is 2.37. The highest BCUT2D eigenvalue weighted by molar-refractivity contribution is 6.31. The molecule has 0 unspecified atom stereocenters. The summed E-state index contributed by atoms with van der Waals surface area (Å²) in [6, 6.07) is 3.49. The van der Waals surface area contributed by atoms with Crippen LogP contribution in [-0.2, 0) is 0 Å². The van der Waals surface area contributed by atoms with Gasteiger partial charge in [0.05, 0.1) is 0 Å². The summed E-state index contributed by atoms with van der Waals surface area (Å²) in [7, 11) is 0. The van der Waals surface area contributed by atoms with E-state index < -0.39 is 0 Å². The molecule has 0 aromatic heterocycles. The molecular weight excluding hydrogens is 263 g/mol. The van der Waals surface area contributed by atoms with Gasteiger partial charge in [0, 0.05) is 42.8 Å². The van der Waals surface area contributed by atoms with Crippen LogP contribution in [0.15, 0.2) is 24.8 Å². The highest BCUT2D eigenvalue weighted by Crippen LogP contribution is 2.34. The van der Waals surface area contributed by atoms with Crippen LogP contribution in [0.2, 0.25) is 5.02 Å². The summed E-state index contributed by atoms with van der Waals surface area (Å²) in [6.07, 6.45) is 2.55. The minimum atomic E-state index is -0.183. The first-order valence-electron chi connectivity index (χ1n) is 6.65. The summed E-state index contributed by atoms with van der Waals surface area (Å²) in [6.45, 7) is 9.24. The molecule has 0 saturated carbocycles. The molecule has 0 aliphatic carbocycles. The molecule has 1 aliphatic heterocycles. The first-order valence-corrected chi connectivity index (χ1v) is 7.03. The monoisotopic (exact) mass is 282 g/mol. The standard InChI is InChI=1S/C15H20ClFN2/c1-3-4-13(19-9-7-18-8-10-19)14-12(16)6-5-11(2)15(14)17/h3,5-6,13,18H,1,4,7-10H2,2H3/t13-/m1/s1. The van der Waals surface area contributed by atoms with Gasteiger partial charge >= 0.3 is 0 Å². The summed E-state index contributed by atoms with van der Waals surface area (Å²) in [5, 5.41) is 3.82. The van der Waals surface area contributed by atoms with Crippen molar-refractivity contribution in [3.63, 3.8) is 0 Å². The zero-order valence-corrected chi connectivity index (χ0v) is 12.0. The quantitative estimate of drug-likeness (QED) is 0.853. The van der Waals surface area contributed by atoms with Gasteiger partial charge in [-0.2, -0.15) is 0 Å². The molecule has 19 heavy (non-hydrogen) atoms. The molecule has 2 nitrogen and oxygen atoms in total. The molecule has 1 fully saturated rings. The number of piperazine rings is 1. The third-order valence-corrected chi connectivity index (χ3v) is 3.96. The second kappa shape index (κ2) is 6.51. The average molecular weight is 283 g/mol. The van der Waals surface area contributed by atoms with E-state index in [1.54, 1.807) is 19.1 Å². The van der Waals surface area contributed by atoms with E-state index in [0.29, 0.717) is 22.6 Å². The van der Waals surface area contributed by atoms with Gasteiger partial charge in [-0.1, -0.05) is 23.7 Å². The van der Waals surface area contributed by atoms with Crippen molar-refractivity contribution in [1.29, 1.82) is 0 Å². The Labute approximate surface area is 119 Å². The van der Waals surface area contributed by atoms with Crippen LogP contribution in [0.4, 0.5) is 4.39 Å². The predicted octanol–water partition coefficient (Wildman–Crippen LogP) is 3.31. The fourth-order valence-corrected chi connectivity index (χ4v) is 2.86. The zero-order chi connectivity index (χ0) is 13.8. The van der Waals surface area contributed by atoms with Crippen molar-refractivity contribution >= 4 is 11.6 Å². The van der Waals surface area contributed by atoms with Crippen molar-refractivity contribution in [3.05, 3.63) is 46.8 Å². The number of aryl methyl sites for hydroxylation is 1. The lowest BCUT2D eigenvalue weighted by atomic mass is 9.98. The predicted molar refractivity (Wildman–Crippen MR) is 78.1 cm³/mol. The maximum atomic E-state index is 14.4. The van der Waals surface area contributed by atoms with E-state index in [4.69, 9.17) is 11.6 Å². The van der Waals surface area contributed by atoms with E-state index in [-0.39, 0.29) is 11.9 Å². The summed E-state index contributed by atoms with van der Waals surface area (Å²) in [5.41, 5.74) is 1.26. The van der Waals surface area contributed by atoms with Crippen LogP contribution >= 0.6 is 11.6 Å². The Morgan fingerprint density at radius 3 is 2.79 bits per heavy atom. The number of benzene rings is 1. The summed E-state index contributed by atoms with van der Waals surface area (Å²) >= 11 is 6.23. The molecule has 1 atom stereocenters. The topological polar surface area (TPSA) is 15.3 Å². The molecule has 0 spiro atoms. The molecule has 0 radical (unpaired) electrons. The van der Waals surface area contributed by atoms with Gasteiger partial charge < -0.3 is 5.32 Å². The molecule has 1 saturated heterocycles. The Bertz CT molecular complexity index is 456. The second-order valence-electron chi connectivity index (χ2n) is 4.92. The number of hydrogen-bond donors (Lipinski definition) is 1. The third kappa shape index (κ3) is 3.16. The van der Waals surface area contributed by atoms with Crippen LogP contribution in [-0.4, -0.2) is 31.1 Å². The van der Waals surface area contributed by atoms with Crippen molar-refractivity contribution in [2.75, 3.05) is 26.2 Å². The smallest absolute Gasteiger partial charge is 0.132 e. The fourth-order valence-electron chi connectivity index (χ4n) is 2.58. The van der Waals surface area contributed by atoms with E-state index in [1.165, 1.54) is 0 Å². The first kappa shape index (κ1) is 14.5. The minimum absolute atomic E-state index is 0.0213. The van der Waals surface area contributed by atoms with E-state index in [1.807, 2.05) is 6.08 Å². The molecule has 1 aliphatic rings. The molecule has 1 N–H and O–H groups in total. The molecule has 4 heteroatoms. The minimum Gasteiger partial charge on any atom is -0.314 e. The van der Waals surface area contributed by atoms with Crippen LogP contribution in [0.1, 0.15) is 23.6 Å². The summed E-state index contributed by atoms with van der Waals surface area (Å²) in [4.78, 5) is 2.28. The van der Waals surface area contributed by atoms with Crippen LogP contribution < -0.4 is 5.32 Å². The average Bonchev–Trinajstić information content (AvgIpc) is 2.43. The molecule has 1 aromatic rings. The SMILES string of the molecule is C=CC[C@H](c1c(Cl)ccc(C)c1F)N1CCNCC1. The first-order chi connectivity index (χ1) is 9.15.